The monoisotopic (exact) mass is 435 g/mol. The number of nitrogens with zero attached hydrogens (tertiary/aromatic N) is 2. The largest absolute Gasteiger partial charge is 0.493 e. The van der Waals surface area contributed by atoms with E-state index in [9.17, 15) is 14.0 Å². The van der Waals surface area contributed by atoms with E-state index >= 15 is 0 Å². The zero-order chi connectivity index (χ0) is 22.3. The summed E-state index contributed by atoms with van der Waals surface area (Å²) in [4.78, 5) is 27.4. The van der Waals surface area contributed by atoms with Gasteiger partial charge in [-0.25, -0.2) is 4.39 Å². The van der Waals surface area contributed by atoms with Crippen LogP contribution >= 0.6 is 0 Å². The van der Waals surface area contributed by atoms with Gasteiger partial charge in [-0.3, -0.25) is 14.3 Å². The van der Waals surface area contributed by atoms with Crippen LogP contribution in [0.3, 0.4) is 0 Å². The molecule has 4 aromatic rings. The van der Waals surface area contributed by atoms with Crippen LogP contribution in [0.5, 0.6) is 5.75 Å². The lowest BCUT2D eigenvalue weighted by Gasteiger charge is -2.06. The number of ether oxygens (including phenoxy) is 1. The molecule has 0 aliphatic carbocycles. The summed E-state index contributed by atoms with van der Waals surface area (Å²) in [6, 6.07) is 15.5. The maximum atomic E-state index is 13.3. The highest BCUT2D eigenvalue weighted by Gasteiger charge is 2.09. The summed E-state index contributed by atoms with van der Waals surface area (Å²) < 4.78 is 20.2. The number of nitrogens with one attached hydrogen (secondary N) is 3. The summed E-state index contributed by atoms with van der Waals surface area (Å²) in [5.74, 6) is -0.0524. The summed E-state index contributed by atoms with van der Waals surface area (Å²) in [7, 11) is 0. The number of aromatic amines is 1. The van der Waals surface area contributed by atoms with Gasteiger partial charge in [0.1, 0.15) is 18.1 Å². The Balaban J connectivity index is 1.20. The number of hydrogen-bond acceptors (Lipinski definition) is 4. The SMILES string of the molecule is O=C(Cn1cc(NC(=O)CCOc2ccccc2)cn1)NCc1cc2cc(F)ccc2[nH]1. The normalized spacial score (nSPS) is 10.8. The fourth-order valence-corrected chi connectivity index (χ4v) is 3.17. The van der Waals surface area contributed by atoms with E-state index in [1.165, 1.54) is 23.0 Å². The van der Waals surface area contributed by atoms with Gasteiger partial charge in [0.2, 0.25) is 11.8 Å². The molecule has 0 unspecified atom stereocenters. The van der Waals surface area contributed by atoms with Crippen molar-refractivity contribution in [2.75, 3.05) is 11.9 Å². The lowest BCUT2D eigenvalue weighted by molar-refractivity contribution is -0.122. The van der Waals surface area contributed by atoms with Crippen LogP contribution < -0.4 is 15.4 Å². The van der Waals surface area contributed by atoms with Crippen LogP contribution in [0.1, 0.15) is 12.1 Å². The van der Waals surface area contributed by atoms with E-state index in [0.717, 1.165) is 16.6 Å². The van der Waals surface area contributed by atoms with E-state index in [-0.39, 0.29) is 43.7 Å². The molecular weight excluding hydrogens is 413 g/mol. The predicted octanol–water partition coefficient (Wildman–Crippen LogP) is 3.23. The first-order chi connectivity index (χ1) is 15.5. The molecule has 2 aromatic carbocycles. The van der Waals surface area contributed by atoms with Crippen molar-refractivity contribution in [3.05, 3.63) is 78.5 Å². The van der Waals surface area contributed by atoms with Crippen molar-refractivity contribution >= 4 is 28.4 Å². The average molecular weight is 435 g/mol. The van der Waals surface area contributed by atoms with E-state index in [0.29, 0.717) is 11.4 Å². The lowest BCUT2D eigenvalue weighted by Crippen LogP contribution is -2.27. The number of hydrogen-bond donors (Lipinski definition) is 3. The van der Waals surface area contributed by atoms with Gasteiger partial charge in [-0.15, -0.1) is 0 Å². The fraction of sp³-hybridized carbons (Fsp3) is 0.174. The Morgan fingerprint density at radius 1 is 1.09 bits per heavy atom. The van der Waals surface area contributed by atoms with Crippen LogP contribution in [0.4, 0.5) is 10.1 Å². The molecule has 4 rings (SSSR count). The number of anilines is 1. The molecule has 3 N–H and O–H groups in total. The number of carbonyl (C=O) groups excluding carboxylic acids is 2. The lowest BCUT2D eigenvalue weighted by atomic mass is 10.2. The second-order valence-corrected chi connectivity index (χ2v) is 7.19. The molecule has 2 aromatic heterocycles. The molecular formula is C23H22FN5O3. The second kappa shape index (κ2) is 9.78. The highest BCUT2D eigenvalue weighted by molar-refractivity contribution is 5.90. The van der Waals surface area contributed by atoms with Crippen LogP contribution in [-0.2, 0) is 22.7 Å². The third-order valence-corrected chi connectivity index (χ3v) is 4.68. The molecule has 32 heavy (non-hydrogen) atoms. The van der Waals surface area contributed by atoms with Crippen molar-refractivity contribution in [2.24, 2.45) is 0 Å². The number of carbonyl (C=O) groups is 2. The van der Waals surface area contributed by atoms with Crippen molar-refractivity contribution in [1.82, 2.24) is 20.1 Å². The minimum absolute atomic E-state index is 0.00183. The molecule has 0 radical (unpaired) electrons. The summed E-state index contributed by atoms with van der Waals surface area (Å²) >= 11 is 0. The van der Waals surface area contributed by atoms with Gasteiger partial charge in [-0.05, 0) is 36.4 Å². The van der Waals surface area contributed by atoms with Gasteiger partial charge in [0.15, 0.2) is 0 Å². The Hall–Kier alpha value is -4.14. The summed E-state index contributed by atoms with van der Waals surface area (Å²) in [6.45, 7) is 0.538. The average Bonchev–Trinajstić information content (AvgIpc) is 3.39. The number of amides is 2. The molecule has 0 spiro atoms. The molecule has 0 fully saturated rings. The standard InChI is InChI=1S/C23H22FN5O3/c24-17-6-7-21-16(10-17)11-18(27-21)12-25-23(31)15-29-14-19(13-26-29)28-22(30)8-9-32-20-4-2-1-3-5-20/h1-7,10-11,13-14,27H,8-9,12,15H2,(H,25,31)(H,28,30). The van der Waals surface area contributed by atoms with Crippen molar-refractivity contribution < 1.29 is 18.7 Å². The Morgan fingerprint density at radius 3 is 2.78 bits per heavy atom. The van der Waals surface area contributed by atoms with E-state index in [4.69, 9.17) is 4.74 Å². The number of fused-ring (bicyclic) bond motifs is 1. The number of halogens is 1. The summed E-state index contributed by atoms with van der Waals surface area (Å²) in [6.07, 6.45) is 3.26. The smallest absolute Gasteiger partial charge is 0.242 e. The maximum absolute atomic E-state index is 13.3. The molecule has 2 amide bonds. The minimum Gasteiger partial charge on any atom is -0.493 e. The number of para-hydroxylation sites is 1. The highest BCUT2D eigenvalue weighted by Crippen LogP contribution is 2.16. The topological polar surface area (TPSA) is 101 Å². The minimum atomic E-state index is -0.308. The molecule has 0 saturated carbocycles. The van der Waals surface area contributed by atoms with Crippen molar-refractivity contribution in [3.8, 4) is 5.75 Å². The van der Waals surface area contributed by atoms with E-state index in [2.05, 4.69) is 20.7 Å². The number of H-pyrrole nitrogens is 1. The molecule has 8 nitrogen and oxygen atoms in total. The molecule has 0 saturated heterocycles. The van der Waals surface area contributed by atoms with E-state index < -0.39 is 0 Å². The van der Waals surface area contributed by atoms with Crippen LogP contribution in [0.15, 0.2) is 67.0 Å². The van der Waals surface area contributed by atoms with Gasteiger partial charge >= 0.3 is 0 Å². The molecule has 0 atom stereocenters. The predicted molar refractivity (Wildman–Crippen MR) is 118 cm³/mol. The number of aromatic nitrogens is 3. The van der Waals surface area contributed by atoms with Crippen molar-refractivity contribution in [1.29, 1.82) is 0 Å². The first kappa shape index (κ1) is 21.1. The molecule has 164 valence electrons. The van der Waals surface area contributed by atoms with E-state index in [1.54, 1.807) is 18.3 Å². The van der Waals surface area contributed by atoms with Gasteiger partial charge in [0.05, 0.1) is 31.5 Å². The molecule has 0 aliphatic rings. The van der Waals surface area contributed by atoms with Crippen molar-refractivity contribution in [2.45, 2.75) is 19.5 Å². The molecule has 0 bridgehead atoms. The Morgan fingerprint density at radius 2 is 1.94 bits per heavy atom. The maximum Gasteiger partial charge on any atom is 0.242 e. The van der Waals surface area contributed by atoms with Crippen molar-refractivity contribution in [3.63, 3.8) is 0 Å². The van der Waals surface area contributed by atoms with Gasteiger partial charge < -0.3 is 20.4 Å². The van der Waals surface area contributed by atoms with Crippen LogP contribution in [0.2, 0.25) is 0 Å². The zero-order valence-electron chi connectivity index (χ0n) is 17.2. The van der Waals surface area contributed by atoms with Crippen LogP contribution in [-0.4, -0.2) is 33.2 Å². The first-order valence-corrected chi connectivity index (χ1v) is 10.1. The highest BCUT2D eigenvalue weighted by atomic mass is 19.1. The van der Waals surface area contributed by atoms with E-state index in [1.807, 2.05) is 30.3 Å². The van der Waals surface area contributed by atoms with Gasteiger partial charge in [-0.1, -0.05) is 18.2 Å². The van der Waals surface area contributed by atoms with Crippen LogP contribution in [0, 0.1) is 5.82 Å². The third-order valence-electron chi connectivity index (χ3n) is 4.68. The number of rotatable bonds is 9. The molecule has 2 heterocycles. The second-order valence-electron chi connectivity index (χ2n) is 7.19. The van der Waals surface area contributed by atoms with Gasteiger partial charge in [0.25, 0.3) is 0 Å². The number of benzene rings is 2. The van der Waals surface area contributed by atoms with Gasteiger partial charge in [0, 0.05) is 22.8 Å². The Labute approximate surface area is 183 Å². The summed E-state index contributed by atoms with van der Waals surface area (Å²) in [5.41, 5.74) is 2.07. The third kappa shape index (κ3) is 5.72. The van der Waals surface area contributed by atoms with Crippen LogP contribution in [0.25, 0.3) is 10.9 Å². The Bertz CT molecular complexity index is 1220. The Kier molecular flexibility index (Phi) is 6.45. The fourth-order valence-electron chi connectivity index (χ4n) is 3.17. The first-order valence-electron chi connectivity index (χ1n) is 10.1. The van der Waals surface area contributed by atoms with Gasteiger partial charge in [-0.2, -0.15) is 5.10 Å². The molecule has 9 heteroatoms. The zero-order valence-corrected chi connectivity index (χ0v) is 17.2. The molecule has 0 aliphatic heterocycles. The summed E-state index contributed by atoms with van der Waals surface area (Å²) in [5, 5.41) is 10.4. The quantitative estimate of drug-likeness (QED) is 0.376.